The number of hydrogen-bond acceptors (Lipinski definition) is 8. The van der Waals surface area contributed by atoms with E-state index in [1.807, 2.05) is 6.92 Å². The summed E-state index contributed by atoms with van der Waals surface area (Å²) in [5, 5.41) is 22.2. The highest BCUT2D eigenvalue weighted by Crippen LogP contribution is 2.32. The van der Waals surface area contributed by atoms with Gasteiger partial charge in [0.15, 0.2) is 0 Å². The van der Waals surface area contributed by atoms with E-state index in [0.29, 0.717) is 29.3 Å². The molecule has 32 heavy (non-hydrogen) atoms. The van der Waals surface area contributed by atoms with Crippen molar-refractivity contribution in [3.63, 3.8) is 0 Å². The molecule has 0 radical (unpaired) electrons. The van der Waals surface area contributed by atoms with E-state index in [4.69, 9.17) is 11.5 Å². The molecule has 0 aliphatic carbocycles. The third-order valence-corrected chi connectivity index (χ3v) is 4.74. The number of rotatable bonds is 7. The summed E-state index contributed by atoms with van der Waals surface area (Å²) in [6.45, 7) is 5.93. The Morgan fingerprint density at radius 1 is 1.16 bits per heavy atom. The summed E-state index contributed by atoms with van der Waals surface area (Å²) in [4.78, 5) is 29.4. The fourth-order valence-corrected chi connectivity index (χ4v) is 2.84. The molecule has 3 rings (SSSR count). The molecule has 0 atom stereocenters. The third-order valence-electron chi connectivity index (χ3n) is 4.74. The van der Waals surface area contributed by atoms with Gasteiger partial charge in [-0.1, -0.05) is 0 Å². The number of phenols is 1. The van der Waals surface area contributed by atoms with Crippen LogP contribution in [0.3, 0.4) is 0 Å². The van der Waals surface area contributed by atoms with Gasteiger partial charge >= 0.3 is 0 Å². The summed E-state index contributed by atoms with van der Waals surface area (Å²) >= 11 is 0. The van der Waals surface area contributed by atoms with Crippen LogP contribution in [0, 0.1) is 0 Å². The first-order valence-corrected chi connectivity index (χ1v) is 9.51. The highest BCUT2D eigenvalue weighted by atomic mass is 16.3. The lowest BCUT2D eigenvalue weighted by Crippen LogP contribution is -2.26. The largest absolute Gasteiger partial charge is 0.507 e. The summed E-state index contributed by atoms with van der Waals surface area (Å²) in [5.41, 5.74) is 13.3. The van der Waals surface area contributed by atoms with E-state index in [1.54, 1.807) is 25.2 Å². The lowest BCUT2D eigenvalue weighted by Gasteiger charge is -2.14. The normalized spacial score (nSPS) is 10.9. The van der Waals surface area contributed by atoms with Crippen molar-refractivity contribution in [1.29, 1.82) is 0 Å². The summed E-state index contributed by atoms with van der Waals surface area (Å²) in [7, 11) is 1.67. The molecule has 0 spiro atoms. The number of aromatic hydroxyl groups is 1. The van der Waals surface area contributed by atoms with Crippen molar-refractivity contribution in [1.82, 2.24) is 14.7 Å². The smallest absolute Gasteiger partial charge is 0.258 e. The fraction of sp³-hybridized carbons (Fsp3) is 0.143. The van der Waals surface area contributed by atoms with Gasteiger partial charge in [0.25, 0.3) is 11.8 Å². The Balaban J connectivity index is 1.99. The van der Waals surface area contributed by atoms with E-state index in [-0.39, 0.29) is 28.6 Å². The van der Waals surface area contributed by atoms with E-state index in [2.05, 4.69) is 27.0 Å². The first kappa shape index (κ1) is 22.2. The number of hydrogen-bond donors (Lipinski definition) is 3. The maximum absolute atomic E-state index is 12.5. The van der Waals surface area contributed by atoms with Crippen LogP contribution >= 0.6 is 0 Å². The van der Waals surface area contributed by atoms with Crippen LogP contribution in [0.25, 0.3) is 5.69 Å². The maximum Gasteiger partial charge on any atom is 0.258 e. The number of aromatic nitrogens is 2. The van der Waals surface area contributed by atoms with E-state index >= 15 is 0 Å². The van der Waals surface area contributed by atoms with Crippen molar-refractivity contribution in [2.24, 2.45) is 21.0 Å². The number of nitrogens with zero attached hydrogens (tertiary/aromatic N) is 6. The summed E-state index contributed by atoms with van der Waals surface area (Å²) in [5.74, 6) is -1.12. The molecule has 0 bridgehead atoms. The summed E-state index contributed by atoms with van der Waals surface area (Å²) in [6.07, 6.45) is 1.40. The quantitative estimate of drug-likeness (QED) is 0.383. The average molecular weight is 434 g/mol. The van der Waals surface area contributed by atoms with Crippen LogP contribution in [0.1, 0.15) is 27.6 Å². The summed E-state index contributed by atoms with van der Waals surface area (Å²) < 4.78 is 1.38. The summed E-state index contributed by atoms with van der Waals surface area (Å²) in [6, 6.07) is 9.06. The average Bonchev–Trinajstić information content (AvgIpc) is 3.17. The van der Waals surface area contributed by atoms with Crippen molar-refractivity contribution in [3.8, 4) is 11.4 Å². The van der Waals surface area contributed by atoms with Gasteiger partial charge in [-0.05, 0) is 50.0 Å². The van der Waals surface area contributed by atoms with Gasteiger partial charge in [0.2, 0.25) is 0 Å². The number of amides is 2. The first-order chi connectivity index (χ1) is 15.3. The molecule has 3 aromatic rings. The topological polar surface area (TPSA) is 165 Å². The zero-order chi connectivity index (χ0) is 23.4. The van der Waals surface area contributed by atoms with Crippen LogP contribution < -0.4 is 11.5 Å². The molecule has 2 amide bonds. The van der Waals surface area contributed by atoms with Crippen molar-refractivity contribution in [2.75, 3.05) is 19.3 Å². The standard InChI is InChI=1S/C21H22N8O3/c1-4-28(3)21(32)15-11-25-29(19(15)22)17-10-13(5-7-16(17)24-2)27-26-12-6-8-18(30)14(9-12)20(23)31/h5-11,30H,2,4,22H2,1,3H3,(H2,23,31). The Bertz CT molecular complexity index is 1230. The minimum absolute atomic E-state index is 0.0631. The second-order valence-electron chi connectivity index (χ2n) is 6.77. The molecule has 1 heterocycles. The highest BCUT2D eigenvalue weighted by Gasteiger charge is 2.20. The molecule has 0 saturated heterocycles. The number of nitrogens with two attached hydrogens (primary N) is 2. The van der Waals surface area contributed by atoms with E-state index in [0.717, 1.165) is 0 Å². The molecular formula is C21H22N8O3. The molecule has 11 nitrogen and oxygen atoms in total. The van der Waals surface area contributed by atoms with E-state index in [1.165, 1.54) is 34.0 Å². The van der Waals surface area contributed by atoms with Crippen LogP contribution in [0.2, 0.25) is 0 Å². The van der Waals surface area contributed by atoms with Gasteiger partial charge in [-0.15, -0.1) is 0 Å². The van der Waals surface area contributed by atoms with Gasteiger partial charge in [-0.2, -0.15) is 15.3 Å². The highest BCUT2D eigenvalue weighted by molar-refractivity contribution is 5.98. The fourth-order valence-electron chi connectivity index (χ4n) is 2.84. The molecule has 2 aromatic carbocycles. The predicted molar refractivity (Wildman–Crippen MR) is 121 cm³/mol. The van der Waals surface area contributed by atoms with Crippen LogP contribution in [0.4, 0.5) is 22.9 Å². The number of azo groups is 1. The Hall–Kier alpha value is -4.54. The molecule has 0 saturated carbocycles. The minimum Gasteiger partial charge on any atom is -0.507 e. The van der Waals surface area contributed by atoms with Crippen molar-refractivity contribution >= 4 is 41.4 Å². The van der Waals surface area contributed by atoms with E-state index in [9.17, 15) is 14.7 Å². The Morgan fingerprint density at radius 3 is 2.44 bits per heavy atom. The van der Waals surface area contributed by atoms with Gasteiger partial charge in [-0.25, -0.2) is 4.68 Å². The number of carbonyl (C=O) groups excluding carboxylic acids is 2. The minimum atomic E-state index is -0.781. The van der Waals surface area contributed by atoms with Crippen molar-refractivity contribution in [2.45, 2.75) is 6.92 Å². The molecule has 11 heteroatoms. The molecule has 0 unspecified atom stereocenters. The van der Waals surface area contributed by atoms with Gasteiger partial charge < -0.3 is 21.5 Å². The second-order valence-corrected chi connectivity index (χ2v) is 6.77. The maximum atomic E-state index is 12.5. The zero-order valence-electron chi connectivity index (χ0n) is 17.6. The van der Waals surface area contributed by atoms with Crippen molar-refractivity contribution < 1.29 is 14.7 Å². The van der Waals surface area contributed by atoms with Gasteiger partial charge in [0, 0.05) is 13.6 Å². The number of primary amides is 1. The molecule has 164 valence electrons. The monoisotopic (exact) mass is 434 g/mol. The molecule has 0 aliphatic heterocycles. The number of aliphatic imine (C=N–C) groups is 1. The molecule has 1 aromatic heterocycles. The van der Waals surface area contributed by atoms with Gasteiger partial charge in [0.1, 0.15) is 17.1 Å². The number of benzene rings is 2. The lowest BCUT2D eigenvalue weighted by atomic mass is 10.1. The van der Waals surface area contributed by atoms with Crippen molar-refractivity contribution in [3.05, 3.63) is 53.7 Å². The van der Waals surface area contributed by atoms with Gasteiger partial charge in [0.05, 0.1) is 34.5 Å². The first-order valence-electron chi connectivity index (χ1n) is 9.51. The van der Waals surface area contributed by atoms with Crippen LogP contribution in [0.15, 0.2) is 57.8 Å². The number of anilines is 1. The lowest BCUT2D eigenvalue weighted by molar-refractivity contribution is 0.0803. The zero-order valence-corrected chi connectivity index (χ0v) is 17.6. The number of carbonyl (C=O) groups is 2. The predicted octanol–water partition coefficient (Wildman–Crippen LogP) is 3.10. The Kier molecular flexibility index (Phi) is 6.29. The van der Waals surface area contributed by atoms with Crippen LogP contribution in [0.5, 0.6) is 5.75 Å². The molecule has 0 fully saturated rings. The van der Waals surface area contributed by atoms with Gasteiger partial charge in [-0.3, -0.25) is 14.6 Å². The van der Waals surface area contributed by atoms with E-state index < -0.39 is 5.91 Å². The van der Waals surface area contributed by atoms with Crippen LogP contribution in [-0.4, -0.2) is 51.9 Å². The number of nitrogen functional groups attached to an aromatic ring is 1. The SMILES string of the molecule is C=Nc1ccc(N=Nc2ccc(O)c(C(N)=O)c2)cc1-n1ncc(C(=O)N(C)CC)c1N. The third kappa shape index (κ3) is 4.31. The molecular weight excluding hydrogens is 412 g/mol. The Labute approximate surface area is 183 Å². The second kappa shape index (κ2) is 9.08. The molecule has 5 N–H and O–H groups in total. The van der Waals surface area contributed by atoms with Crippen LogP contribution in [-0.2, 0) is 0 Å². The molecule has 0 aliphatic rings. The Morgan fingerprint density at radius 2 is 1.81 bits per heavy atom.